The van der Waals surface area contributed by atoms with E-state index in [0.717, 1.165) is 29.5 Å². The first-order chi connectivity index (χ1) is 8.13. The molecule has 1 aliphatic carbocycles. The highest BCUT2D eigenvalue weighted by Crippen LogP contribution is 2.36. The lowest BCUT2D eigenvalue weighted by Crippen LogP contribution is -2.17. The van der Waals surface area contributed by atoms with Gasteiger partial charge < -0.3 is 0 Å². The second-order valence-electron chi connectivity index (χ2n) is 4.91. The number of thioether (sulfide) groups is 1. The summed E-state index contributed by atoms with van der Waals surface area (Å²) in [6.07, 6.45) is 2.21. The molecule has 1 aliphatic rings. The largest absolute Gasteiger partial charge is 0.344 e. The van der Waals surface area contributed by atoms with Crippen LogP contribution in [0.4, 0.5) is 0 Å². The molecule has 96 valence electrons. The molecule has 0 aliphatic heterocycles. The van der Waals surface area contributed by atoms with Crippen LogP contribution in [0, 0.1) is 11.8 Å². The van der Waals surface area contributed by atoms with Gasteiger partial charge in [-0.1, -0.05) is 25.6 Å². The van der Waals surface area contributed by atoms with Crippen LogP contribution in [0.25, 0.3) is 0 Å². The third-order valence-electron chi connectivity index (χ3n) is 3.19. The molecule has 1 aromatic heterocycles. The van der Waals surface area contributed by atoms with E-state index in [1.54, 1.807) is 16.3 Å². The van der Waals surface area contributed by atoms with E-state index in [9.17, 15) is 4.79 Å². The molecule has 1 unspecified atom stereocenters. The Morgan fingerprint density at radius 2 is 2.29 bits per heavy atom. The molecular weight excluding hydrogens is 254 g/mol. The van der Waals surface area contributed by atoms with Crippen LogP contribution in [0.3, 0.4) is 0 Å². The zero-order valence-corrected chi connectivity index (χ0v) is 11.9. The second kappa shape index (κ2) is 5.52. The van der Waals surface area contributed by atoms with E-state index < -0.39 is 0 Å². The average Bonchev–Trinajstić information content (AvgIpc) is 3.04. The maximum atomic E-state index is 11.6. The predicted octanol–water partition coefficient (Wildman–Crippen LogP) is 2.20. The Kier molecular flexibility index (Phi) is 4.25. The van der Waals surface area contributed by atoms with Crippen LogP contribution < -0.4 is 5.69 Å². The Labute approximate surface area is 111 Å². The summed E-state index contributed by atoms with van der Waals surface area (Å²) < 4.78 is 1.81. The van der Waals surface area contributed by atoms with Crippen molar-refractivity contribution in [3.05, 3.63) is 10.5 Å². The van der Waals surface area contributed by atoms with Crippen molar-refractivity contribution in [2.45, 2.75) is 37.9 Å². The van der Waals surface area contributed by atoms with Gasteiger partial charge in [-0.05, 0) is 30.4 Å². The minimum Gasteiger partial charge on any atom is -0.267 e. The van der Waals surface area contributed by atoms with Gasteiger partial charge in [-0.15, -0.1) is 5.10 Å². The van der Waals surface area contributed by atoms with Crippen LogP contribution in [0.2, 0.25) is 0 Å². The lowest BCUT2D eigenvalue weighted by molar-refractivity contribution is 0.472. The number of aromatic nitrogens is 3. The maximum Gasteiger partial charge on any atom is 0.344 e. The highest BCUT2D eigenvalue weighted by molar-refractivity contribution is 7.99. The van der Waals surface area contributed by atoms with E-state index in [4.69, 9.17) is 0 Å². The van der Waals surface area contributed by atoms with Crippen LogP contribution >= 0.6 is 24.4 Å². The molecule has 0 aromatic carbocycles. The number of H-pyrrole nitrogens is 1. The molecule has 6 heteroatoms. The number of nitrogens with one attached hydrogen (secondary N) is 1. The Balaban J connectivity index is 2.01. The third-order valence-corrected chi connectivity index (χ3v) is 4.80. The normalized spacial score (nSPS) is 17.6. The standard InChI is InChI=1S/C11H19N3OS2/c1-7(2)8(5-16)6-17-11-13-12-10(15)14(11)9-3-4-9/h7-9,16H,3-6H2,1-2H3,(H,12,15). The van der Waals surface area contributed by atoms with Gasteiger partial charge in [0.05, 0.1) is 0 Å². The highest BCUT2D eigenvalue weighted by Gasteiger charge is 2.28. The van der Waals surface area contributed by atoms with Crippen molar-refractivity contribution in [1.82, 2.24) is 14.8 Å². The first-order valence-corrected chi connectivity index (χ1v) is 7.65. The van der Waals surface area contributed by atoms with Gasteiger partial charge in [0.15, 0.2) is 5.16 Å². The SMILES string of the molecule is CC(C)C(CS)CSc1n[nH]c(=O)n1C1CC1. The molecule has 17 heavy (non-hydrogen) atoms. The van der Waals surface area contributed by atoms with Crippen molar-refractivity contribution in [2.24, 2.45) is 11.8 Å². The van der Waals surface area contributed by atoms with Gasteiger partial charge in [0.2, 0.25) is 0 Å². The molecule has 1 fully saturated rings. The van der Waals surface area contributed by atoms with Crippen LogP contribution in [0.1, 0.15) is 32.7 Å². The molecule has 1 aromatic rings. The molecule has 2 rings (SSSR count). The van der Waals surface area contributed by atoms with Gasteiger partial charge in [-0.3, -0.25) is 4.57 Å². The summed E-state index contributed by atoms with van der Waals surface area (Å²) in [5, 5.41) is 7.49. The molecule has 1 atom stereocenters. The molecule has 0 saturated heterocycles. The van der Waals surface area contributed by atoms with Crippen molar-refractivity contribution in [1.29, 1.82) is 0 Å². The zero-order chi connectivity index (χ0) is 12.4. The molecule has 0 radical (unpaired) electrons. The lowest BCUT2D eigenvalue weighted by Gasteiger charge is -2.17. The zero-order valence-electron chi connectivity index (χ0n) is 10.2. The minimum absolute atomic E-state index is 0.0676. The number of aromatic amines is 1. The summed E-state index contributed by atoms with van der Waals surface area (Å²) in [7, 11) is 0. The van der Waals surface area contributed by atoms with Gasteiger partial charge >= 0.3 is 5.69 Å². The van der Waals surface area contributed by atoms with Gasteiger partial charge in [-0.25, -0.2) is 9.89 Å². The molecule has 1 heterocycles. The number of thiol groups is 1. The second-order valence-corrected chi connectivity index (χ2v) is 6.26. The van der Waals surface area contributed by atoms with Crippen molar-refractivity contribution < 1.29 is 0 Å². The Morgan fingerprint density at radius 3 is 2.82 bits per heavy atom. The Morgan fingerprint density at radius 1 is 1.59 bits per heavy atom. The van der Waals surface area contributed by atoms with Crippen LogP contribution in [0.15, 0.2) is 9.95 Å². The van der Waals surface area contributed by atoms with E-state index >= 15 is 0 Å². The number of hydrogen-bond donors (Lipinski definition) is 2. The molecule has 4 nitrogen and oxygen atoms in total. The fourth-order valence-corrected chi connectivity index (χ4v) is 3.76. The van der Waals surface area contributed by atoms with E-state index in [1.165, 1.54) is 0 Å². The summed E-state index contributed by atoms with van der Waals surface area (Å²) >= 11 is 6.04. The molecular formula is C11H19N3OS2. The predicted molar refractivity (Wildman–Crippen MR) is 74.0 cm³/mol. The maximum absolute atomic E-state index is 11.6. The fourth-order valence-electron chi connectivity index (χ4n) is 1.68. The van der Waals surface area contributed by atoms with Gasteiger partial charge in [0.25, 0.3) is 0 Å². The van der Waals surface area contributed by atoms with Crippen LogP contribution in [-0.4, -0.2) is 26.3 Å². The highest BCUT2D eigenvalue weighted by atomic mass is 32.2. The average molecular weight is 273 g/mol. The first-order valence-electron chi connectivity index (χ1n) is 6.04. The smallest absolute Gasteiger partial charge is 0.267 e. The number of hydrogen-bond acceptors (Lipinski definition) is 4. The summed E-state index contributed by atoms with van der Waals surface area (Å²) in [5.41, 5.74) is -0.0676. The molecule has 0 amide bonds. The van der Waals surface area contributed by atoms with E-state index in [2.05, 4.69) is 36.7 Å². The van der Waals surface area contributed by atoms with Gasteiger partial charge in [0, 0.05) is 11.8 Å². The molecule has 1 saturated carbocycles. The quantitative estimate of drug-likeness (QED) is 0.617. The van der Waals surface area contributed by atoms with Crippen LogP contribution in [-0.2, 0) is 0 Å². The monoisotopic (exact) mass is 273 g/mol. The molecule has 0 spiro atoms. The topological polar surface area (TPSA) is 50.7 Å². The van der Waals surface area contributed by atoms with E-state index in [0.29, 0.717) is 17.9 Å². The molecule has 0 bridgehead atoms. The summed E-state index contributed by atoms with van der Waals surface area (Å²) in [6.45, 7) is 4.42. The fraction of sp³-hybridized carbons (Fsp3) is 0.818. The number of nitrogens with zero attached hydrogens (tertiary/aromatic N) is 2. The van der Waals surface area contributed by atoms with Crippen molar-refractivity contribution in [2.75, 3.05) is 11.5 Å². The van der Waals surface area contributed by atoms with Gasteiger partial charge in [-0.2, -0.15) is 12.6 Å². The third kappa shape index (κ3) is 3.10. The van der Waals surface area contributed by atoms with Crippen molar-refractivity contribution in [3.63, 3.8) is 0 Å². The van der Waals surface area contributed by atoms with Crippen molar-refractivity contribution in [3.8, 4) is 0 Å². The number of rotatable bonds is 6. The van der Waals surface area contributed by atoms with Crippen molar-refractivity contribution >= 4 is 24.4 Å². The van der Waals surface area contributed by atoms with E-state index in [1.807, 2.05) is 0 Å². The summed E-state index contributed by atoms with van der Waals surface area (Å²) in [6, 6.07) is 0.386. The minimum atomic E-state index is -0.0676. The van der Waals surface area contributed by atoms with Crippen LogP contribution in [0.5, 0.6) is 0 Å². The summed E-state index contributed by atoms with van der Waals surface area (Å²) in [4.78, 5) is 11.6. The molecule has 1 N–H and O–H groups in total. The Hall–Kier alpha value is -0.360. The van der Waals surface area contributed by atoms with Gasteiger partial charge in [0.1, 0.15) is 0 Å². The lowest BCUT2D eigenvalue weighted by atomic mass is 10.0. The Bertz CT molecular complexity index is 423. The van der Waals surface area contributed by atoms with E-state index in [-0.39, 0.29) is 5.69 Å². The summed E-state index contributed by atoms with van der Waals surface area (Å²) in [5.74, 6) is 3.02. The first kappa shape index (κ1) is 13.1.